The molecule has 1 atom stereocenters. The van der Waals surface area contributed by atoms with E-state index in [-0.39, 0.29) is 6.04 Å². The fraction of sp³-hybridized carbons (Fsp3) is 0.125. The molecule has 12 heavy (non-hydrogen) atoms. The molecule has 62 valence electrons. The third-order valence-electron chi connectivity index (χ3n) is 1.68. The van der Waals surface area contributed by atoms with Gasteiger partial charge in [-0.15, -0.1) is 0 Å². The van der Waals surface area contributed by atoms with Gasteiger partial charge < -0.3 is 5.73 Å². The number of rotatable bonds is 2. The molecule has 0 spiro atoms. The summed E-state index contributed by atoms with van der Waals surface area (Å²) in [4.78, 5) is 0. The van der Waals surface area contributed by atoms with E-state index in [0.29, 0.717) is 0 Å². The number of aromatic nitrogens is 1. The molecule has 0 aliphatic rings. The second-order valence-corrected chi connectivity index (χ2v) is 3.90. The normalized spacial score (nSPS) is 13.1. The Kier molecular flexibility index (Phi) is 2.21. The van der Waals surface area contributed by atoms with E-state index in [9.17, 15) is 0 Å². The van der Waals surface area contributed by atoms with Crippen molar-refractivity contribution < 1.29 is 0 Å². The van der Waals surface area contributed by atoms with Crippen LogP contribution in [0.25, 0.3) is 0 Å². The van der Waals surface area contributed by atoms with Gasteiger partial charge in [0.15, 0.2) is 0 Å². The summed E-state index contributed by atoms with van der Waals surface area (Å²) in [6, 6.07) is 3.95. The molecule has 2 rings (SSSR count). The highest BCUT2D eigenvalue weighted by atomic mass is 32.1. The fourth-order valence-corrected chi connectivity index (χ4v) is 2.26. The molecule has 0 aliphatic heterocycles. The van der Waals surface area contributed by atoms with Crippen LogP contribution in [0.4, 0.5) is 0 Å². The van der Waals surface area contributed by atoms with E-state index >= 15 is 0 Å². The number of nitrogens with zero attached hydrogens (tertiary/aromatic N) is 1. The molecule has 2 aromatic rings. The highest BCUT2D eigenvalue weighted by Gasteiger charge is 2.10. The van der Waals surface area contributed by atoms with Gasteiger partial charge in [0, 0.05) is 5.38 Å². The maximum Gasteiger partial charge on any atom is 0.0755 e. The minimum atomic E-state index is -0.0532. The minimum Gasteiger partial charge on any atom is -0.319 e. The maximum absolute atomic E-state index is 5.96. The average molecular weight is 196 g/mol. The molecule has 0 radical (unpaired) electrons. The van der Waals surface area contributed by atoms with Gasteiger partial charge in [-0.3, -0.25) is 0 Å². The summed E-state index contributed by atoms with van der Waals surface area (Å²) in [5, 5.41) is 6.03. The van der Waals surface area contributed by atoms with Gasteiger partial charge in [0.2, 0.25) is 0 Å². The van der Waals surface area contributed by atoms with Crippen LogP contribution in [0.2, 0.25) is 0 Å². The predicted octanol–water partition coefficient (Wildman–Crippen LogP) is 2.25. The molecule has 4 heteroatoms. The Morgan fingerprint density at radius 1 is 1.33 bits per heavy atom. The monoisotopic (exact) mass is 196 g/mol. The number of hydrogen-bond acceptors (Lipinski definition) is 4. The Labute approximate surface area is 78.8 Å². The van der Waals surface area contributed by atoms with Gasteiger partial charge in [0.05, 0.1) is 11.7 Å². The lowest BCUT2D eigenvalue weighted by Gasteiger charge is -2.04. The van der Waals surface area contributed by atoms with Crippen LogP contribution in [0, 0.1) is 0 Å². The Balaban J connectivity index is 2.27. The van der Waals surface area contributed by atoms with Crippen LogP contribution in [-0.4, -0.2) is 4.37 Å². The van der Waals surface area contributed by atoms with Gasteiger partial charge in [-0.1, -0.05) is 0 Å². The Morgan fingerprint density at radius 2 is 2.25 bits per heavy atom. The van der Waals surface area contributed by atoms with Gasteiger partial charge in [-0.25, -0.2) is 0 Å². The number of hydrogen-bond donors (Lipinski definition) is 1. The average Bonchev–Trinajstić information content (AvgIpc) is 2.77. The predicted molar refractivity (Wildman–Crippen MR) is 52.5 cm³/mol. The Bertz CT molecular complexity index is 292. The van der Waals surface area contributed by atoms with Gasteiger partial charge in [-0.05, 0) is 40.0 Å². The van der Waals surface area contributed by atoms with E-state index in [4.69, 9.17) is 5.73 Å². The third kappa shape index (κ3) is 1.41. The van der Waals surface area contributed by atoms with Crippen LogP contribution in [0.1, 0.15) is 17.3 Å². The zero-order chi connectivity index (χ0) is 8.39. The van der Waals surface area contributed by atoms with Gasteiger partial charge in [-0.2, -0.15) is 15.7 Å². The standard InChI is InChI=1S/C8H8N2S2/c9-8(6-1-3-11-5-6)7-2-4-12-10-7/h1-5,8H,9H2. The van der Waals surface area contributed by atoms with E-state index in [1.807, 2.05) is 22.9 Å². The summed E-state index contributed by atoms with van der Waals surface area (Å²) < 4.78 is 4.19. The van der Waals surface area contributed by atoms with Gasteiger partial charge in [0.1, 0.15) is 0 Å². The molecule has 0 saturated carbocycles. The van der Waals surface area contributed by atoms with Gasteiger partial charge in [0.25, 0.3) is 0 Å². The molecule has 2 nitrogen and oxygen atoms in total. The fourth-order valence-electron chi connectivity index (χ4n) is 1.01. The largest absolute Gasteiger partial charge is 0.319 e. The first-order valence-corrected chi connectivity index (χ1v) is 5.34. The second-order valence-electron chi connectivity index (χ2n) is 2.46. The van der Waals surface area contributed by atoms with E-state index in [2.05, 4.69) is 9.75 Å². The summed E-state index contributed by atoms with van der Waals surface area (Å²) in [5.74, 6) is 0. The topological polar surface area (TPSA) is 38.9 Å². The summed E-state index contributed by atoms with van der Waals surface area (Å²) in [6.07, 6.45) is 0. The Morgan fingerprint density at radius 3 is 2.83 bits per heavy atom. The van der Waals surface area contributed by atoms with Crippen LogP contribution in [0.15, 0.2) is 28.3 Å². The molecular formula is C8H8N2S2. The van der Waals surface area contributed by atoms with Crippen molar-refractivity contribution in [1.29, 1.82) is 0 Å². The minimum absolute atomic E-state index is 0.0532. The van der Waals surface area contributed by atoms with Crippen LogP contribution in [-0.2, 0) is 0 Å². The molecule has 2 N–H and O–H groups in total. The molecule has 0 aliphatic carbocycles. The van der Waals surface area contributed by atoms with E-state index in [1.165, 1.54) is 11.5 Å². The van der Waals surface area contributed by atoms with Crippen molar-refractivity contribution in [2.75, 3.05) is 0 Å². The number of thiophene rings is 1. The van der Waals surface area contributed by atoms with Crippen LogP contribution in [0.5, 0.6) is 0 Å². The van der Waals surface area contributed by atoms with Crippen molar-refractivity contribution >= 4 is 22.9 Å². The zero-order valence-electron chi connectivity index (χ0n) is 6.31. The zero-order valence-corrected chi connectivity index (χ0v) is 7.94. The first-order chi connectivity index (χ1) is 5.88. The lowest BCUT2D eigenvalue weighted by atomic mass is 10.1. The molecule has 0 aromatic carbocycles. The molecule has 1 unspecified atom stereocenters. The molecule has 0 amide bonds. The van der Waals surface area contributed by atoms with Crippen molar-refractivity contribution in [2.45, 2.75) is 6.04 Å². The lowest BCUT2D eigenvalue weighted by molar-refractivity contribution is 0.851. The highest BCUT2D eigenvalue weighted by molar-refractivity contribution is 7.08. The summed E-state index contributed by atoms with van der Waals surface area (Å²) >= 11 is 3.10. The van der Waals surface area contributed by atoms with E-state index in [0.717, 1.165) is 11.3 Å². The first kappa shape index (κ1) is 7.91. The molecule has 0 bridgehead atoms. The van der Waals surface area contributed by atoms with Crippen molar-refractivity contribution in [3.05, 3.63) is 39.5 Å². The van der Waals surface area contributed by atoms with Gasteiger partial charge >= 0.3 is 0 Å². The third-order valence-corrected chi connectivity index (χ3v) is 2.95. The van der Waals surface area contributed by atoms with Crippen LogP contribution < -0.4 is 5.73 Å². The van der Waals surface area contributed by atoms with Crippen molar-refractivity contribution in [3.8, 4) is 0 Å². The maximum atomic E-state index is 5.96. The first-order valence-electron chi connectivity index (χ1n) is 3.56. The van der Waals surface area contributed by atoms with Crippen LogP contribution in [0.3, 0.4) is 0 Å². The smallest absolute Gasteiger partial charge is 0.0755 e. The highest BCUT2D eigenvalue weighted by Crippen LogP contribution is 2.20. The van der Waals surface area contributed by atoms with E-state index in [1.54, 1.807) is 11.3 Å². The van der Waals surface area contributed by atoms with Crippen molar-refractivity contribution in [1.82, 2.24) is 4.37 Å². The molecule has 0 saturated heterocycles. The van der Waals surface area contributed by atoms with Crippen molar-refractivity contribution in [2.24, 2.45) is 5.73 Å². The quantitative estimate of drug-likeness (QED) is 0.800. The lowest BCUT2D eigenvalue weighted by Crippen LogP contribution is -2.10. The Hall–Kier alpha value is -0.710. The second kappa shape index (κ2) is 3.35. The molecule has 2 aromatic heterocycles. The summed E-state index contributed by atoms with van der Waals surface area (Å²) in [5.41, 5.74) is 8.06. The van der Waals surface area contributed by atoms with Crippen LogP contribution >= 0.6 is 22.9 Å². The SMILES string of the molecule is NC(c1ccsc1)c1ccsn1. The molecule has 0 fully saturated rings. The number of nitrogens with two attached hydrogens (primary N) is 1. The molecular weight excluding hydrogens is 188 g/mol. The summed E-state index contributed by atoms with van der Waals surface area (Å²) in [7, 11) is 0. The van der Waals surface area contributed by atoms with Crippen molar-refractivity contribution in [3.63, 3.8) is 0 Å². The summed E-state index contributed by atoms with van der Waals surface area (Å²) in [6.45, 7) is 0. The molecule has 2 heterocycles. The van der Waals surface area contributed by atoms with E-state index < -0.39 is 0 Å².